The predicted octanol–water partition coefficient (Wildman–Crippen LogP) is 4.25. The topological polar surface area (TPSA) is 82.9 Å². The molecule has 1 amide bonds. The number of aromatic nitrogens is 2. The van der Waals surface area contributed by atoms with Gasteiger partial charge in [-0.25, -0.2) is 15.0 Å². The summed E-state index contributed by atoms with van der Waals surface area (Å²) < 4.78 is 17.3. The fourth-order valence-corrected chi connectivity index (χ4v) is 2.74. The lowest BCUT2D eigenvalue weighted by Gasteiger charge is -2.14. The van der Waals surface area contributed by atoms with Gasteiger partial charge in [0, 0.05) is 0 Å². The van der Waals surface area contributed by atoms with Crippen LogP contribution in [0.4, 0.5) is 0 Å². The SMILES string of the molecule is C/C=C/COc1cc(C)c(OCCCCOc2cnc(C(C)=NC=O)nc2)c(C)c1. The highest BCUT2D eigenvalue weighted by atomic mass is 16.5. The molecule has 7 heteroatoms. The molecule has 1 aromatic carbocycles. The van der Waals surface area contributed by atoms with Gasteiger partial charge in [-0.15, -0.1) is 0 Å². The Balaban J connectivity index is 1.72. The molecule has 0 spiro atoms. The van der Waals surface area contributed by atoms with E-state index in [0.29, 0.717) is 43.5 Å². The molecule has 0 bridgehead atoms. The van der Waals surface area contributed by atoms with Gasteiger partial charge in [0.2, 0.25) is 6.41 Å². The van der Waals surface area contributed by atoms with Gasteiger partial charge in [-0.3, -0.25) is 4.79 Å². The Morgan fingerprint density at radius 3 is 2.23 bits per heavy atom. The molecule has 2 rings (SSSR count). The van der Waals surface area contributed by atoms with E-state index in [2.05, 4.69) is 15.0 Å². The summed E-state index contributed by atoms with van der Waals surface area (Å²) >= 11 is 0. The quantitative estimate of drug-likeness (QED) is 0.225. The van der Waals surface area contributed by atoms with E-state index in [-0.39, 0.29) is 0 Å². The molecule has 0 radical (unpaired) electrons. The van der Waals surface area contributed by atoms with Crippen molar-refractivity contribution in [1.29, 1.82) is 0 Å². The average Bonchev–Trinajstić information content (AvgIpc) is 2.73. The molecule has 0 aliphatic rings. The lowest BCUT2D eigenvalue weighted by Crippen LogP contribution is -2.06. The van der Waals surface area contributed by atoms with Crippen LogP contribution in [0, 0.1) is 13.8 Å². The van der Waals surface area contributed by atoms with Crippen LogP contribution in [-0.2, 0) is 4.79 Å². The Hall–Kier alpha value is -3.22. The summed E-state index contributed by atoms with van der Waals surface area (Å²) in [5.41, 5.74) is 2.59. The van der Waals surface area contributed by atoms with E-state index in [4.69, 9.17) is 14.2 Å². The molecule has 0 saturated carbocycles. The van der Waals surface area contributed by atoms with Crippen LogP contribution in [0.2, 0.25) is 0 Å². The number of aryl methyl sites for hydroxylation is 2. The van der Waals surface area contributed by atoms with Gasteiger partial charge in [-0.1, -0.05) is 12.2 Å². The molecule has 0 atom stereocenters. The number of amides is 1. The highest BCUT2D eigenvalue weighted by molar-refractivity contribution is 5.98. The maximum absolute atomic E-state index is 10.4. The van der Waals surface area contributed by atoms with E-state index in [0.717, 1.165) is 35.5 Å². The fourth-order valence-electron chi connectivity index (χ4n) is 2.74. The van der Waals surface area contributed by atoms with Gasteiger partial charge < -0.3 is 14.2 Å². The predicted molar refractivity (Wildman–Crippen MR) is 117 cm³/mol. The lowest BCUT2D eigenvalue weighted by molar-refractivity contribution is -0.106. The van der Waals surface area contributed by atoms with Crippen LogP contribution in [0.15, 0.2) is 41.7 Å². The summed E-state index contributed by atoms with van der Waals surface area (Å²) in [6, 6.07) is 4.00. The fraction of sp³-hybridized carbons (Fsp3) is 0.391. The second-order valence-electron chi connectivity index (χ2n) is 6.73. The molecule has 0 saturated heterocycles. The molecule has 0 aliphatic heterocycles. The van der Waals surface area contributed by atoms with Crippen molar-refractivity contribution in [2.45, 2.75) is 40.5 Å². The lowest BCUT2D eigenvalue weighted by atomic mass is 10.1. The number of carbonyl (C=O) groups is 1. The molecule has 160 valence electrons. The molecule has 2 aromatic rings. The highest BCUT2D eigenvalue weighted by Crippen LogP contribution is 2.28. The molecule has 30 heavy (non-hydrogen) atoms. The Bertz CT molecular complexity index is 854. The second-order valence-corrected chi connectivity index (χ2v) is 6.73. The summed E-state index contributed by atoms with van der Waals surface area (Å²) in [5, 5.41) is 0. The summed E-state index contributed by atoms with van der Waals surface area (Å²) in [5.74, 6) is 2.75. The first-order chi connectivity index (χ1) is 14.5. The number of carbonyl (C=O) groups excluding carboxylic acids is 1. The van der Waals surface area contributed by atoms with Crippen LogP contribution in [0.1, 0.15) is 43.6 Å². The molecule has 0 N–H and O–H groups in total. The van der Waals surface area contributed by atoms with E-state index in [9.17, 15) is 4.79 Å². The number of ether oxygens (including phenoxy) is 3. The smallest absolute Gasteiger partial charge is 0.233 e. The van der Waals surface area contributed by atoms with Crippen molar-refractivity contribution in [1.82, 2.24) is 9.97 Å². The molecule has 1 heterocycles. The van der Waals surface area contributed by atoms with Crippen molar-refractivity contribution < 1.29 is 19.0 Å². The van der Waals surface area contributed by atoms with Crippen LogP contribution in [0.3, 0.4) is 0 Å². The monoisotopic (exact) mass is 411 g/mol. The van der Waals surface area contributed by atoms with Crippen molar-refractivity contribution in [3.8, 4) is 17.2 Å². The van der Waals surface area contributed by atoms with Gasteiger partial charge in [0.25, 0.3) is 0 Å². The van der Waals surface area contributed by atoms with Crippen LogP contribution in [0.25, 0.3) is 0 Å². The van der Waals surface area contributed by atoms with Crippen molar-refractivity contribution in [3.63, 3.8) is 0 Å². The van der Waals surface area contributed by atoms with Gasteiger partial charge in [-0.2, -0.15) is 0 Å². The Labute approximate surface area is 177 Å². The third kappa shape index (κ3) is 7.31. The van der Waals surface area contributed by atoms with Crippen LogP contribution in [0.5, 0.6) is 17.2 Å². The van der Waals surface area contributed by atoms with Gasteiger partial charge in [0.05, 0.1) is 31.3 Å². The average molecular weight is 412 g/mol. The number of rotatable bonds is 12. The molecule has 0 unspecified atom stereocenters. The molecular weight excluding hydrogens is 382 g/mol. The second kappa shape index (κ2) is 12.4. The minimum atomic E-state index is 0.409. The maximum Gasteiger partial charge on any atom is 0.233 e. The maximum atomic E-state index is 10.4. The minimum Gasteiger partial charge on any atom is -0.493 e. The minimum absolute atomic E-state index is 0.409. The summed E-state index contributed by atoms with van der Waals surface area (Å²) in [7, 11) is 0. The third-order valence-electron chi connectivity index (χ3n) is 4.27. The van der Waals surface area contributed by atoms with E-state index in [1.165, 1.54) is 0 Å². The van der Waals surface area contributed by atoms with Crippen molar-refractivity contribution >= 4 is 12.1 Å². The van der Waals surface area contributed by atoms with Gasteiger partial charge >= 0.3 is 0 Å². The van der Waals surface area contributed by atoms with E-state index in [1.807, 2.05) is 45.1 Å². The van der Waals surface area contributed by atoms with Crippen molar-refractivity contribution in [2.75, 3.05) is 19.8 Å². The molecule has 7 nitrogen and oxygen atoms in total. The normalized spacial score (nSPS) is 11.5. The van der Waals surface area contributed by atoms with Crippen LogP contribution < -0.4 is 14.2 Å². The van der Waals surface area contributed by atoms with Gasteiger partial charge in [0.15, 0.2) is 11.6 Å². The Morgan fingerprint density at radius 1 is 1.00 bits per heavy atom. The standard InChI is InChI=1S/C23H29N3O4/c1-5-6-9-28-20-12-17(2)22(18(3)13-20)30-11-8-7-10-29-21-14-24-23(25-15-21)19(4)26-16-27/h5-6,12-16H,7-11H2,1-4H3/b6-5+,26-19?. The van der Waals surface area contributed by atoms with Gasteiger partial charge in [-0.05, 0) is 63.8 Å². The summed E-state index contributed by atoms with van der Waals surface area (Å²) in [6.07, 6.45) is 9.28. The largest absolute Gasteiger partial charge is 0.493 e. The van der Waals surface area contributed by atoms with Crippen LogP contribution >= 0.6 is 0 Å². The number of unbranched alkanes of at least 4 members (excludes halogenated alkanes) is 1. The molecule has 1 aromatic heterocycles. The Morgan fingerprint density at radius 2 is 1.63 bits per heavy atom. The number of nitrogens with zero attached hydrogens (tertiary/aromatic N) is 3. The van der Waals surface area contributed by atoms with Crippen LogP contribution in [-0.4, -0.2) is 41.9 Å². The van der Waals surface area contributed by atoms with Gasteiger partial charge in [0.1, 0.15) is 18.1 Å². The molecule has 0 aliphatic carbocycles. The molecular formula is C23H29N3O4. The number of allylic oxidation sites excluding steroid dienone is 1. The number of aliphatic imine (C=N–C) groups is 1. The highest BCUT2D eigenvalue weighted by Gasteiger charge is 2.07. The molecule has 0 fully saturated rings. The zero-order valence-electron chi connectivity index (χ0n) is 18.1. The first-order valence-corrected chi connectivity index (χ1v) is 9.96. The van der Waals surface area contributed by atoms with Crippen molar-refractivity contribution in [3.05, 3.63) is 53.6 Å². The Kier molecular flexibility index (Phi) is 9.51. The number of benzene rings is 1. The zero-order chi connectivity index (χ0) is 21.8. The van der Waals surface area contributed by atoms with E-state index in [1.54, 1.807) is 19.3 Å². The summed E-state index contributed by atoms with van der Waals surface area (Å²) in [6.45, 7) is 9.43. The first-order valence-electron chi connectivity index (χ1n) is 9.96. The van der Waals surface area contributed by atoms with E-state index >= 15 is 0 Å². The summed E-state index contributed by atoms with van der Waals surface area (Å²) in [4.78, 5) is 22.3. The zero-order valence-corrected chi connectivity index (χ0v) is 18.1. The van der Waals surface area contributed by atoms with Crippen molar-refractivity contribution in [2.24, 2.45) is 4.99 Å². The number of hydrogen-bond donors (Lipinski definition) is 0. The third-order valence-corrected chi connectivity index (χ3v) is 4.27. The number of hydrogen-bond acceptors (Lipinski definition) is 6. The first kappa shape index (κ1) is 23.1. The van der Waals surface area contributed by atoms with E-state index < -0.39 is 0 Å².